The van der Waals surface area contributed by atoms with Crippen molar-refractivity contribution in [2.75, 3.05) is 19.8 Å². The molecule has 0 aromatic heterocycles. The highest BCUT2D eigenvalue weighted by atomic mass is 32.2. The van der Waals surface area contributed by atoms with Gasteiger partial charge in [-0.2, -0.15) is 0 Å². The van der Waals surface area contributed by atoms with Gasteiger partial charge in [-0.1, -0.05) is 23.8 Å². The SMILES string of the molecule is Cc1ccc(SOc2ccc3c(c2)CN2CCc4cc5c(cc4C2C3)OCCO5)cc1. The molecule has 5 heteroatoms. The second kappa shape index (κ2) is 7.81. The number of hydrogen-bond acceptors (Lipinski definition) is 5. The molecule has 158 valence electrons. The molecule has 3 aliphatic rings. The molecule has 3 aromatic rings. The molecule has 0 fully saturated rings. The Balaban J connectivity index is 1.22. The summed E-state index contributed by atoms with van der Waals surface area (Å²) in [5.41, 5.74) is 6.85. The molecule has 3 aliphatic heterocycles. The predicted molar refractivity (Wildman–Crippen MR) is 122 cm³/mol. The summed E-state index contributed by atoms with van der Waals surface area (Å²) in [7, 11) is 0. The standard InChI is InChI=1S/C26H25NO3S/c1-17-2-6-22(7-3-17)31-30-21-5-4-18-13-24-23-15-26-25(28-10-11-29-26)14-19(23)8-9-27(24)16-20(18)12-21/h2-7,12,14-15,24H,8-11,13,16H2,1H3. The van der Waals surface area contributed by atoms with E-state index >= 15 is 0 Å². The van der Waals surface area contributed by atoms with E-state index in [-0.39, 0.29) is 0 Å². The first-order valence-electron chi connectivity index (χ1n) is 10.9. The molecule has 3 heterocycles. The second-order valence-corrected chi connectivity index (χ2v) is 9.35. The zero-order valence-corrected chi connectivity index (χ0v) is 18.4. The average molecular weight is 432 g/mol. The molecular formula is C26H25NO3S. The van der Waals surface area contributed by atoms with Gasteiger partial charge in [-0.3, -0.25) is 4.90 Å². The number of nitrogens with zero attached hydrogens (tertiary/aromatic N) is 1. The maximum atomic E-state index is 6.02. The van der Waals surface area contributed by atoms with E-state index in [0.717, 1.165) is 48.1 Å². The maximum Gasteiger partial charge on any atom is 0.161 e. The highest BCUT2D eigenvalue weighted by Crippen LogP contribution is 2.43. The lowest BCUT2D eigenvalue weighted by Crippen LogP contribution is -2.39. The van der Waals surface area contributed by atoms with Gasteiger partial charge in [0, 0.05) is 24.0 Å². The summed E-state index contributed by atoms with van der Waals surface area (Å²) in [4.78, 5) is 3.71. The first-order chi connectivity index (χ1) is 15.2. The van der Waals surface area contributed by atoms with Crippen molar-refractivity contribution in [2.24, 2.45) is 0 Å². The smallest absolute Gasteiger partial charge is 0.161 e. The van der Waals surface area contributed by atoms with Gasteiger partial charge in [-0.05, 0) is 78.4 Å². The van der Waals surface area contributed by atoms with E-state index in [2.05, 4.69) is 66.4 Å². The molecular weight excluding hydrogens is 406 g/mol. The second-order valence-electron chi connectivity index (χ2n) is 8.55. The van der Waals surface area contributed by atoms with Gasteiger partial charge in [-0.15, -0.1) is 0 Å². The normalized spacial score (nSPS) is 19.2. The summed E-state index contributed by atoms with van der Waals surface area (Å²) in [6.07, 6.45) is 2.07. The lowest BCUT2D eigenvalue weighted by molar-refractivity contribution is 0.153. The summed E-state index contributed by atoms with van der Waals surface area (Å²) in [6.45, 7) is 5.40. The fourth-order valence-electron chi connectivity index (χ4n) is 4.84. The molecule has 4 nitrogen and oxygen atoms in total. The van der Waals surface area contributed by atoms with Crippen LogP contribution in [0.2, 0.25) is 0 Å². The number of fused-ring (bicyclic) bond motifs is 5. The summed E-state index contributed by atoms with van der Waals surface area (Å²) in [6, 6.07) is 19.8. The van der Waals surface area contributed by atoms with Crippen LogP contribution in [0.3, 0.4) is 0 Å². The minimum Gasteiger partial charge on any atom is -0.486 e. The fraction of sp³-hybridized carbons (Fsp3) is 0.308. The third-order valence-corrected chi connectivity index (χ3v) is 7.23. The lowest BCUT2D eigenvalue weighted by atomic mass is 9.84. The quantitative estimate of drug-likeness (QED) is 0.511. The third kappa shape index (κ3) is 3.66. The lowest BCUT2D eigenvalue weighted by Gasteiger charge is -2.42. The van der Waals surface area contributed by atoms with Crippen molar-refractivity contribution in [1.29, 1.82) is 0 Å². The Morgan fingerprint density at radius 2 is 1.71 bits per heavy atom. The van der Waals surface area contributed by atoms with Gasteiger partial charge in [0.05, 0.1) is 12.0 Å². The molecule has 1 unspecified atom stereocenters. The number of aryl methyl sites for hydroxylation is 1. The van der Waals surface area contributed by atoms with Crippen LogP contribution in [0.25, 0.3) is 0 Å². The molecule has 0 saturated carbocycles. The molecule has 0 aliphatic carbocycles. The third-order valence-electron chi connectivity index (χ3n) is 6.49. The van der Waals surface area contributed by atoms with E-state index in [9.17, 15) is 0 Å². The van der Waals surface area contributed by atoms with E-state index in [1.54, 1.807) is 0 Å². The summed E-state index contributed by atoms with van der Waals surface area (Å²) in [5, 5.41) is 0. The van der Waals surface area contributed by atoms with Crippen molar-refractivity contribution in [1.82, 2.24) is 4.90 Å². The van der Waals surface area contributed by atoms with Crippen molar-refractivity contribution in [2.45, 2.75) is 37.2 Å². The van der Waals surface area contributed by atoms with Crippen molar-refractivity contribution >= 4 is 12.0 Å². The molecule has 0 bridgehead atoms. The zero-order valence-electron chi connectivity index (χ0n) is 17.6. The number of hydrogen-bond donors (Lipinski definition) is 0. The van der Waals surface area contributed by atoms with Crippen LogP contribution in [0, 0.1) is 6.92 Å². The monoisotopic (exact) mass is 431 g/mol. The van der Waals surface area contributed by atoms with Crippen LogP contribution in [0.1, 0.15) is 33.9 Å². The molecule has 3 aromatic carbocycles. The molecule has 0 saturated heterocycles. The van der Waals surface area contributed by atoms with Crippen molar-refractivity contribution in [3.8, 4) is 17.2 Å². The zero-order chi connectivity index (χ0) is 20.8. The van der Waals surface area contributed by atoms with Gasteiger partial charge >= 0.3 is 0 Å². The molecule has 0 amide bonds. The summed E-state index contributed by atoms with van der Waals surface area (Å²) < 4.78 is 17.7. The van der Waals surface area contributed by atoms with Crippen LogP contribution >= 0.6 is 12.0 Å². The van der Waals surface area contributed by atoms with Gasteiger partial charge in [0.1, 0.15) is 19.0 Å². The van der Waals surface area contributed by atoms with E-state index in [4.69, 9.17) is 13.7 Å². The Labute approximate surface area is 187 Å². The number of benzene rings is 3. The maximum absolute atomic E-state index is 6.02. The van der Waals surface area contributed by atoms with Crippen LogP contribution in [0.15, 0.2) is 59.5 Å². The predicted octanol–water partition coefficient (Wildman–Crippen LogP) is 5.51. The van der Waals surface area contributed by atoms with E-state index in [0.29, 0.717) is 19.3 Å². The van der Waals surface area contributed by atoms with Gasteiger partial charge in [0.2, 0.25) is 0 Å². The van der Waals surface area contributed by atoms with E-state index < -0.39 is 0 Å². The minimum atomic E-state index is 0.403. The summed E-state index contributed by atoms with van der Waals surface area (Å²) >= 11 is 1.42. The summed E-state index contributed by atoms with van der Waals surface area (Å²) in [5.74, 6) is 2.72. The Kier molecular flexibility index (Phi) is 4.81. The van der Waals surface area contributed by atoms with Gasteiger partial charge in [-0.25, -0.2) is 0 Å². The molecule has 31 heavy (non-hydrogen) atoms. The first-order valence-corrected chi connectivity index (χ1v) is 11.7. The molecule has 0 N–H and O–H groups in total. The van der Waals surface area contributed by atoms with Gasteiger partial charge in [0.25, 0.3) is 0 Å². The Bertz CT molecular complexity index is 1130. The first kappa shape index (κ1) is 19.1. The Hall–Kier alpha value is -2.63. The van der Waals surface area contributed by atoms with Gasteiger partial charge < -0.3 is 13.7 Å². The number of rotatable bonds is 3. The number of ether oxygens (including phenoxy) is 2. The molecule has 0 spiro atoms. The minimum absolute atomic E-state index is 0.403. The van der Waals surface area contributed by atoms with Crippen LogP contribution in [0.5, 0.6) is 17.2 Å². The van der Waals surface area contributed by atoms with Crippen LogP contribution in [0.4, 0.5) is 0 Å². The molecule has 1 atom stereocenters. The van der Waals surface area contributed by atoms with Crippen LogP contribution in [-0.2, 0) is 19.4 Å². The largest absolute Gasteiger partial charge is 0.486 e. The average Bonchev–Trinajstić information content (AvgIpc) is 2.81. The highest BCUT2D eigenvalue weighted by Gasteiger charge is 2.33. The Morgan fingerprint density at radius 3 is 2.55 bits per heavy atom. The molecule has 0 radical (unpaired) electrons. The van der Waals surface area contributed by atoms with Crippen molar-refractivity contribution < 1.29 is 13.7 Å². The molecule has 6 rings (SSSR count). The Morgan fingerprint density at radius 1 is 0.903 bits per heavy atom. The van der Waals surface area contributed by atoms with Crippen LogP contribution in [-0.4, -0.2) is 24.7 Å². The van der Waals surface area contributed by atoms with E-state index in [1.165, 1.54) is 39.9 Å². The van der Waals surface area contributed by atoms with E-state index in [1.807, 2.05) is 0 Å². The van der Waals surface area contributed by atoms with Crippen molar-refractivity contribution in [3.05, 3.63) is 82.4 Å². The fourth-order valence-corrected chi connectivity index (χ4v) is 5.38. The van der Waals surface area contributed by atoms with Crippen LogP contribution < -0.4 is 13.7 Å². The highest BCUT2D eigenvalue weighted by molar-refractivity contribution is 7.95. The van der Waals surface area contributed by atoms with Crippen molar-refractivity contribution in [3.63, 3.8) is 0 Å². The topological polar surface area (TPSA) is 30.9 Å². The van der Waals surface area contributed by atoms with Gasteiger partial charge in [0.15, 0.2) is 11.5 Å².